The molecule has 2 aromatic carbocycles. The van der Waals surface area contributed by atoms with Crippen molar-refractivity contribution in [3.63, 3.8) is 0 Å². The van der Waals surface area contributed by atoms with Gasteiger partial charge in [-0.25, -0.2) is 8.42 Å². The topological polar surface area (TPSA) is 34.1 Å². The molecule has 0 saturated heterocycles. The molecule has 140 valence electrons. The van der Waals surface area contributed by atoms with Gasteiger partial charge in [0.25, 0.3) is 0 Å². The highest BCUT2D eigenvalue weighted by Crippen LogP contribution is 2.64. The number of sulfone groups is 1. The normalized spacial score (nSPS) is 24.5. The van der Waals surface area contributed by atoms with Crippen molar-refractivity contribution in [1.82, 2.24) is 0 Å². The van der Waals surface area contributed by atoms with E-state index in [9.17, 15) is 8.42 Å². The molecule has 0 heterocycles. The minimum absolute atomic E-state index is 0.213. The van der Waals surface area contributed by atoms with Crippen LogP contribution in [0.5, 0.6) is 0 Å². The molecule has 0 aliphatic heterocycles. The van der Waals surface area contributed by atoms with Crippen LogP contribution in [0.25, 0.3) is 0 Å². The Morgan fingerprint density at radius 1 is 0.889 bits per heavy atom. The summed E-state index contributed by atoms with van der Waals surface area (Å²) >= 11 is 0. The fourth-order valence-corrected chi connectivity index (χ4v) is 5.78. The Hall–Kier alpha value is -2.13. The van der Waals surface area contributed by atoms with Gasteiger partial charge < -0.3 is 0 Å². The highest BCUT2D eigenvalue weighted by atomic mass is 32.2. The summed E-state index contributed by atoms with van der Waals surface area (Å²) in [4.78, 5) is 0.446. The molecule has 2 aromatic rings. The van der Waals surface area contributed by atoms with Crippen LogP contribution < -0.4 is 0 Å². The maximum Gasteiger partial charge on any atom is 0.178 e. The average Bonchev–Trinajstić information content (AvgIpc) is 3.45. The number of allylic oxidation sites excluding steroid dienone is 4. The van der Waals surface area contributed by atoms with Crippen LogP contribution in [0.2, 0.25) is 0 Å². The second-order valence-corrected chi connectivity index (χ2v) is 9.69. The quantitative estimate of drug-likeness (QED) is 0.651. The molecule has 0 radical (unpaired) electrons. The van der Waals surface area contributed by atoms with Gasteiger partial charge in [0.05, 0.1) is 10.6 Å². The summed E-state index contributed by atoms with van der Waals surface area (Å²) in [6, 6.07) is 18.4. The average molecular weight is 379 g/mol. The number of hydrogen-bond donors (Lipinski definition) is 0. The van der Waals surface area contributed by atoms with Crippen molar-refractivity contribution in [1.29, 1.82) is 0 Å². The van der Waals surface area contributed by atoms with Crippen molar-refractivity contribution in [2.45, 2.75) is 42.9 Å². The molecule has 2 nitrogen and oxygen atoms in total. The van der Waals surface area contributed by atoms with E-state index < -0.39 is 9.84 Å². The van der Waals surface area contributed by atoms with E-state index in [2.05, 4.69) is 48.6 Å². The Morgan fingerprint density at radius 2 is 1.56 bits per heavy atom. The molecule has 1 fully saturated rings. The lowest BCUT2D eigenvalue weighted by atomic mass is 9.97. The number of benzene rings is 2. The molecular formula is C24H26O2S. The van der Waals surface area contributed by atoms with E-state index >= 15 is 0 Å². The van der Waals surface area contributed by atoms with Gasteiger partial charge in [-0.05, 0) is 60.3 Å². The predicted octanol–water partition coefficient (Wildman–Crippen LogP) is 5.64. The van der Waals surface area contributed by atoms with Gasteiger partial charge in [0.15, 0.2) is 9.84 Å². The van der Waals surface area contributed by atoms with E-state index in [0.717, 1.165) is 12.8 Å². The Labute approximate surface area is 162 Å². The molecule has 0 aromatic heterocycles. The summed E-state index contributed by atoms with van der Waals surface area (Å²) < 4.78 is 24.6. The number of hydrogen-bond acceptors (Lipinski definition) is 2. The molecule has 0 N–H and O–H groups in total. The van der Waals surface area contributed by atoms with Crippen molar-refractivity contribution >= 4 is 9.84 Å². The first-order valence-electron chi connectivity index (χ1n) is 9.85. The largest absolute Gasteiger partial charge is 0.224 e. The van der Waals surface area contributed by atoms with Crippen molar-refractivity contribution in [3.8, 4) is 0 Å². The molecule has 1 saturated carbocycles. The van der Waals surface area contributed by atoms with Crippen LogP contribution in [-0.2, 0) is 9.84 Å². The Morgan fingerprint density at radius 3 is 2.15 bits per heavy atom. The summed E-state index contributed by atoms with van der Waals surface area (Å²) in [5, 5.41) is 0. The number of rotatable bonds is 6. The van der Waals surface area contributed by atoms with Gasteiger partial charge in [0, 0.05) is 0 Å². The van der Waals surface area contributed by atoms with Gasteiger partial charge in [0.1, 0.15) is 0 Å². The molecule has 2 aliphatic rings. The third-order valence-corrected chi connectivity index (χ3v) is 7.71. The lowest BCUT2D eigenvalue weighted by Gasteiger charge is -2.09. The van der Waals surface area contributed by atoms with Crippen LogP contribution in [0.1, 0.15) is 49.1 Å². The van der Waals surface area contributed by atoms with Crippen molar-refractivity contribution in [2.75, 3.05) is 5.75 Å². The van der Waals surface area contributed by atoms with E-state index in [-0.39, 0.29) is 5.75 Å². The van der Waals surface area contributed by atoms with Crippen LogP contribution in [-0.4, -0.2) is 14.2 Å². The molecule has 0 spiro atoms. The van der Waals surface area contributed by atoms with E-state index in [1.165, 1.54) is 16.7 Å². The first kappa shape index (κ1) is 18.2. The summed E-state index contributed by atoms with van der Waals surface area (Å²) in [6.07, 6.45) is 9.58. The Kier molecular flexibility index (Phi) is 5.05. The molecule has 2 aliphatic carbocycles. The van der Waals surface area contributed by atoms with Crippen LogP contribution in [0.4, 0.5) is 0 Å². The second kappa shape index (κ2) is 7.47. The van der Waals surface area contributed by atoms with Crippen molar-refractivity contribution < 1.29 is 8.42 Å². The van der Waals surface area contributed by atoms with Crippen LogP contribution in [0.3, 0.4) is 0 Å². The highest BCUT2D eigenvalue weighted by molar-refractivity contribution is 7.91. The third kappa shape index (κ3) is 3.66. The fourth-order valence-electron chi connectivity index (χ4n) is 4.46. The van der Waals surface area contributed by atoms with E-state index in [1.54, 1.807) is 12.1 Å². The summed E-state index contributed by atoms with van der Waals surface area (Å²) in [6.45, 7) is 1.90. The molecule has 3 unspecified atom stereocenters. The molecule has 0 bridgehead atoms. The summed E-state index contributed by atoms with van der Waals surface area (Å²) in [5.41, 5.74) is 4.16. The van der Waals surface area contributed by atoms with Crippen LogP contribution >= 0.6 is 0 Å². The van der Waals surface area contributed by atoms with Crippen molar-refractivity contribution in [2.24, 2.45) is 5.92 Å². The van der Waals surface area contributed by atoms with Crippen LogP contribution in [0, 0.1) is 5.92 Å². The zero-order valence-corrected chi connectivity index (χ0v) is 16.5. The van der Waals surface area contributed by atoms with E-state index in [4.69, 9.17) is 0 Å². The fraction of sp³-hybridized carbons (Fsp3) is 0.333. The monoisotopic (exact) mass is 378 g/mol. The third-order valence-electron chi connectivity index (χ3n) is 5.78. The maximum absolute atomic E-state index is 12.3. The van der Waals surface area contributed by atoms with Gasteiger partial charge in [-0.1, -0.05) is 73.2 Å². The van der Waals surface area contributed by atoms with Gasteiger partial charge in [-0.2, -0.15) is 0 Å². The molecule has 3 heteroatoms. The molecular weight excluding hydrogens is 352 g/mol. The molecule has 3 atom stereocenters. The molecule has 4 rings (SSSR count). The first-order chi connectivity index (χ1) is 13.1. The van der Waals surface area contributed by atoms with Crippen molar-refractivity contribution in [3.05, 3.63) is 89.5 Å². The Balaban J connectivity index is 1.64. The SMILES string of the molecule is CCCS(=O)(=O)c1ccc(C2C(C3=CC=CCC3)C2c2ccccc2)cc1. The van der Waals surface area contributed by atoms with E-state index in [0.29, 0.717) is 29.1 Å². The predicted molar refractivity (Wildman–Crippen MR) is 111 cm³/mol. The van der Waals surface area contributed by atoms with Gasteiger partial charge in [-0.15, -0.1) is 0 Å². The zero-order valence-electron chi connectivity index (χ0n) is 15.7. The minimum atomic E-state index is -3.15. The standard InChI is InChI=1S/C24H26O2S/c1-2-17-27(25,26)21-15-13-20(14-16-21)24-22(18-9-5-3-6-10-18)23(24)19-11-7-4-8-12-19/h3-7,9-11,13-16,22-24H,2,8,12,17H2,1H3. The second-order valence-electron chi connectivity index (χ2n) is 7.58. The van der Waals surface area contributed by atoms with E-state index in [1.807, 2.05) is 19.1 Å². The van der Waals surface area contributed by atoms with Gasteiger partial charge in [0.2, 0.25) is 0 Å². The minimum Gasteiger partial charge on any atom is -0.224 e. The molecule has 27 heavy (non-hydrogen) atoms. The lowest BCUT2D eigenvalue weighted by Crippen LogP contribution is -2.05. The lowest BCUT2D eigenvalue weighted by molar-refractivity contribution is 0.594. The van der Waals surface area contributed by atoms with Gasteiger partial charge in [-0.3, -0.25) is 0 Å². The van der Waals surface area contributed by atoms with Gasteiger partial charge >= 0.3 is 0 Å². The highest BCUT2D eigenvalue weighted by Gasteiger charge is 2.52. The smallest absolute Gasteiger partial charge is 0.178 e. The molecule has 0 amide bonds. The maximum atomic E-state index is 12.3. The zero-order chi connectivity index (χ0) is 18.9. The van der Waals surface area contributed by atoms with Crippen LogP contribution in [0.15, 0.2) is 83.3 Å². The summed E-state index contributed by atoms with van der Waals surface area (Å²) in [7, 11) is -3.15. The summed E-state index contributed by atoms with van der Waals surface area (Å²) in [5.74, 6) is 1.66. The Bertz CT molecular complexity index is 953. The first-order valence-corrected chi connectivity index (χ1v) is 11.5.